The first-order chi connectivity index (χ1) is 15.4. The molecule has 32 heavy (non-hydrogen) atoms. The molecule has 0 bridgehead atoms. The van der Waals surface area contributed by atoms with Crippen LogP contribution in [0.2, 0.25) is 0 Å². The number of hydrogen-bond acceptors (Lipinski definition) is 5. The first kappa shape index (κ1) is 23.4. The molecule has 7 nitrogen and oxygen atoms in total. The van der Waals surface area contributed by atoms with Crippen LogP contribution in [0.15, 0.2) is 42.5 Å². The number of amides is 2. The van der Waals surface area contributed by atoms with Crippen LogP contribution in [0.4, 0.5) is 0 Å². The van der Waals surface area contributed by atoms with E-state index >= 15 is 0 Å². The number of benzene rings is 2. The predicted molar refractivity (Wildman–Crippen MR) is 122 cm³/mol. The van der Waals surface area contributed by atoms with Crippen LogP contribution in [0.1, 0.15) is 38.3 Å². The summed E-state index contributed by atoms with van der Waals surface area (Å²) >= 11 is 0. The molecule has 172 valence electrons. The van der Waals surface area contributed by atoms with Gasteiger partial charge in [-0.05, 0) is 54.7 Å². The van der Waals surface area contributed by atoms with E-state index in [4.69, 9.17) is 14.2 Å². The van der Waals surface area contributed by atoms with E-state index in [1.807, 2.05) is 56.3 Å². The van der Waals surface area contributed by atoms with Crippen LogP contribution in [0.3, 0.4) is 0 Å². The summed E-state index contributed by atoms with van der Waals surface area (Å²) in [5, 5.41) is 2.94. The molecule has 7 heteroatoms. The Hall–Kier alpha value is -3.22. The molecule has 0 radical (unpaired) electrons. The van der Waals surface area contributed by atoms with Crippen molar-refractivity contribution in [2.45, 2.75) is 46.2 Å². The van der Waals surface area contributed by atoms with Crippen LogP contribution in [0.5, 0.6) is 17.2 Å². The molecule has 0 spiro atoms. The Balaban J connectivity index is 1.70. The molecular weight excluding hydrogens is 408 g/mol. The second-order valence-electron chi connectivity index (χ2n) is 8.37. The number of methoxy groups -OCH3 is 1. The monoisotopic (exact) mass is 440 g/mol. The third-order valence-corrected chi connectivity index (χ3v) is 5.43. The SMILES string of the molecule is COc1ccc(CN(C(=O)CCc2ccc3c(c2)OCO3)C(C)C(=O)NCC(C)C)cc1. The summed E-state index contributed by atoms with van der Waals surface area (Å²) in [6.07, 6.45) is 0.840. The fourth-order valence-electron chi connectivity index (χ4n) is 3.45. The van der Waals surface area contributed by atoms with Crippen molar-refractivity contribution in [2.75, 3.05) is 20.4 Å². The van der Waals surface area contributed by atoms with Crippen molar-refractivity contribution in [3.63, 3.8) is 0 Å². The Morgan fingerprint density at radius 3 is 2.41 bits per heavy atom. The highest BCUT2D eigenvalue weighted by Gasteiger charge is 2.26. The number of nitrogens with zero attached hydrogens (tertiary/aromatic N) is 1. The van der Waals surface area contributed by atoms with Crippen LogP contribution < -0.4 is 19.5 Å². The second-order valence-corrected chi connectivity index (χ2v) is 8.37. The van der Waals surface area contributed by atoms with Gasteiger partial charge in [-0.25, -0.2) is 0 Å². The highest BCUT2D eigenvalue weighted by atomic mass is 16.7. The largest absolute Gasteiger partial charge is 0.497 e. The van der Waals surface area contributed by atoms with E-state index in [-0.39, 0.29) is 25.0 Å². The minimum Gasteiger partial charge on any atom is -0.497 e. The first-order valence-corrected chi connectivity index (χ1v) is 11.0. The standard InChI is InChI=1S/C25H32N2O5/c1-17(2)14-26-25(29)18(3)27(15-20-5-9-21(30-4)10-6-20)24(28)12-8-19-7-11-22-23(13-19)32-16-31-22/h5-7,9-11,13,17-18H,8,12,14-16H2,1-4H3,(H,26,29). The molecule has 0 aliphatic carbocycles. The normalized spacial score (nSPS) is 13.0. The molecule has 1 aliphatic rings. The van der Waals surface area contributed by atoms with Gasteiger partial charge in [-0.15, -0.1) is 0 Å². The molecule has 1 aliphatic heterocycles. The summed E-state index contributed by atoms with van der Waals surface area (Å²) in [7, 11) is 1.61. The van der Waals surface area contributed by atoms with Gasteiger partial charge >= 0.3 is 0 Å². The number of fused-ring (bicyclic) bond motifs is 1. The molecule has 1 heterocycles. The number of hydrogen-bond donors (Lipinski definition) is 1. The Labute approximate surface area is 189 Å². The van der Waals surface area contributed by atoms with Crippen LogP contribution >= 0.6 is 0 Å². The molecule has 0 aromatic heterocycles. The molecule has 1 unspecified atom stereocenters. The maximum Gasteiger partial charge on any atom is 0.242 e. The van der Waals surface area contributed by atoms with Gasteiger partial charge < -0.3 is 24.4 Å². The highest BCUT2D eigenvalue weighted by Crippen LogP contribution is 2.32. The van der Waals surface area contributed by atoms with Crippen molar-refractivity contribution in [1.82, 2.24) is 10.2 Å². The van der Waals surface area contributed by atoms with Crippen LogP contribution in [0.25, 0.3) is 0 Å². The van der Waals surface area contributed by atoms with Gasteiger partial charge in [-0.3, -0.25) is 9.59 Å². The number of rotatable bonds is 10. The fraction of sp³-hybridized carbons (Fsp3) is 0.440. The molecule has 3 rings (SSSR count). The highest BCUT2D eigenvalue weighted by molar-refractivity contribution is 5.87. The summed E-state index contributed by atoms with van der Waals surface area (Å²) in [5.74, 6) is 2.28. The molecule has 1 atom stereocenters. The molecule has 2 aromatic carbocycles. The predicted octanol–water partition coefficient (Wildman–Crippen LogP) is 3.55. The zero-order chi connectivity index (χ0) is 23.1. The van der Waals surface area contributed by atoms with Gasteiger partial charge in [0.15, 0.2) is 11.5 Å². The van der Waals surface area contributed by atoms with Crippen molar-refractivity contribution in [1.29, 1.82) is 0 Å². The smallest absolute Gasteiger partial charge is 0.242 e. The Bertz CT molecular complexity index is 926. The molecule has 2 amide bonds. The molecule has 0 fully saturated rings. The van der Waals surface area contributed by atoms with Gasteiger partial charge in [0, 0.05) is 19.5 Å². The first-order valence-electron chi connectivity index (χ1n) is 11.0. The van der Waals surface area contributed by atoms with Crippen molar-refractivity contribution in [2.24, 2.45) is 5.92 Å². The van der Waals surface area contributed by atoms with E-state index < -0.39 is 6.04 Å². The number of nitrogens with one attached hydrogen (secondary N) is 1. The van der Waals surface area contributed by atoms with Gasteiger partial charge in [0.1, 0.15) is 11.8 Å². The van der Waals surface area contributed by atoms with Crippen molar-refractivity contribution < 1.29 is 23.8 Å². The third-order valence-electron chi connectivity index (χ3n) is 5.43. The maximum absolute atomic E-state index is 13.2. The summed E-state index contributed by atoms with van der Waals surface area (Å²) in [5.41, 5.74) is 1.93. The lowest BCUT2D eigenvalue weighted by molar-refractivity contribution is -0.140. The summed E-state index contributed by atoms with van der Waals surface area (Å²) in [6.45, 7) is 6.99. The summed E-state index contributed by atoms with van der Waals surface area (Å²) < 4.78 is 16.0. The lowest BCUT2D eigenvalue weighted by Gasteiger charge is -2.29. The van der Waals surface area contributed by atoms with E-state index in [0.29, 0.717) is 31.2 Å². The molecule has 0 saturated heterocycles. The molecular formula is C25H32N2O5. The minimum atomic E-state index is -0.583. The molecule has 0 saturated carbocycles. The van der Waals surface area contributed by atoms with E-state index in [1.54, 1.807) is 18.9 Å². The van der Waals surface area contributed by atoms with Gasteiger partial charge in [-0.2, -0.15) is 0 Å². The zero-order valence-corrected chi connectivity index (χ0v) is 19.2. The zero-order valence-electron chi connectivity index (χ0n) is 19.2. The van der Waals surface area contributed by atoms with Crippen LogP contribution in [-0.4, -0.2) is 43.2 Å². The van der Waals surface area contributed by atoms with Crippen LogP contribution in [0, 0.1) is 5.92 Å². The fourth-order valence-corrected chi connectivity index (χ4v) is 3.45. The molecule has 1 N–H and O–H groups in total. The van der Waals surface area contributed by atoms with E-state index in [1.165, 1.54) is 0 Å². The summed E-state index contributed by atoms with van der Waals surface area (Å²) in [4.78, 5) is 27.6. The number of ether oxygens (including phenoxy) is 3. The van der Waals surface area contributed by atoms with Crippen molar-refractivity contribution >= 4 is 11.8 Å². The van der Waals surface area contributed by atoms with Gasteiger partial charge in [0.2, 0.25) is 18.6 Å². The number of carbonyl (C=O) groups is 2. The average molecular weight is 441 g/mol. The van der Waals surface area contributed by atoms with Gasteiger partial charge in [0.25, 0.3) is 0 Å². The maximum atomic E-state index is 13.2. The number of carbonyl (C=O) groups excluding carboxylic acids is 2. The number of aryl methyl sites for hydroxylation is 1. The quantitative estimate of drug-likeness (QED) is 0.611. The lowest BCUT2D eigenvalue weighted by Crippen LogP contribution is -2.48. The van der Waals surface area contributed by atoms with Gasteiger partial charge in [0.05, 0.1) is 7.11 Å². The topological polar surface area (TPSA) is 77.1 Å². The lowest BCUT2D eigenvalue weighted by atomic mass is 10.1. The van der Waals surface area contributed by atoms with E-state index in [9.17, 15) is 9.59 Å². The summed E-state index contributed by atoms with van der Waals surface area (Å²) in [6, 6.07) is 12.7. The van der Waals surface area contributed by atoms with E-state index in [0.717, 1.165) is 22.6 Å². The molecule has 2 aromatic rings. The van der Waals surface area contributed by atoms with Crippen molar-refractivity contribution in [3.8, 4) is 17.2 Å². The average Bonchev–Trinajstić information content (AvgIpc) is 3.27. The Kier molecular flexibility index (Phi) is 7.98. The van der Waals surface area contributed by atoms with Crippen molar-refractivity contribution in [3.05, 3.63) is 53.6 Å². The second kappa shape index (κ2) is 10.9. The Morgan fingerprint density at radius 2 is 1.72 bits per heavy atom. The van der Waals surface area contributed by atoms with Gasteiger partial charge in [-0.1, -0.05) is 32.0 Å². The third kappa shape index (κ3) is 6.15. The Morgan fingerprint density at radius 1 is 1.03 bits per heavy atom. The van der Waals surface area contributed by atoms with E-state index in [2.05, 4.69) is 5.32 Å². The van der Waals surface area contributed by atoms with Crippen LogP contribution in [-0.2, 0) is 22.6 Å². The minimum absolute atomic E-state index is 0.0781.